The summed E-state index contributed by atoms with van der Waals surface area (Å²) in [6.07, 6.45) is 2.42. The summed E-state index contributed by atoms with van der Waals surface area (Å²) in [5.74, 6) is 0.0888. The summed E-state index contributed by atoms with van der Waals surface area (Å²) >= 11 is 0. The first-order valence-electron chi connectivity index (χ1n) is 9.36. The van der Waals surface area contributed by atoms with Crippen molar-refractivity contribution in [2.24, 2.45) is 5.92 Å². The lowest BCUT2D eigenvalue weighted by Crippen LogP contribution is -2.41. The fourth-order valence-corrected chi connectivity index (χ4v) is 3.47. The van der Waals surface area contributed by atoms with Gasteiger partial charge in [-0.2, -0.15) is 0 Å². The van der Waals surface area contributed by atoms with Gasteiger partial charge in [0.05, 0.1) is 0 Å². The standard InChI is InChI=1S/C22H25NO4/c24-21(23-12-10-18(11-13-23)15-22(25)26)16-27-20-9-5-4-8-19(20)14-17-6-2-1-3-7-17/h1-9,18H,10-16H2,(H,25,26). The first-order valence-corrected chi connectivity index (χ1v) is 9.36. The highest BCUT2D eigenvalue weighted by atomic mass is 16.5. The highest BCUT2D eigenvalue weighted by molar-refractivity contribution is 5.78. The minimum Gasteiger partial charge on any atom is -0.483 e. The van der Waals surface area contributed by atoms with E-state index in [1.165, 1.54) is 5.56 Å². The molecule has 5 nitrogen and oxygen atoms in total. The topological polar surface area (TPSA) is 66.8 Å². The molecule has 0 spiro atoms. The molecule has 0 aliphatic carbocycles. The summed E-state index contributed by atoms with van der Waals surface area (Å²) < 4.78 is 5.83. The number of carboxylic acids is 1. The molecule has 5 heteroatoms. The van der Waals surface area contributed by atoms with Crippen LogP contribution < -0.4 is 4.74 Å². The predicted octanol–water partition coefficient (Wildman–Crippen LogP) is 3.37. The highest BCUT2D eigenvalue weighted by Crippen LogP contribution is 2.23. The van der Waals surface area contributed by atoms with Crippen molar-refractivity contribution in [2.75, 3.05) is 19.7 Å². The average molecular weight is 367 g/mol. The molecule has 27 heavy (non-hydrogen) atoms. The Morgan fingerprint density at radius 1 is 1.00 bits per heavy atom. The van der Waals surface area contributed by atoms with Crippen molar-refractivity contribution < 1.29 is 19.4 Å². The highest BCUT2D eigenvalue weighted by Gasteiger charge is 2.24. The van der Waals surface area contributed by atoms with Gasteiger partial charge in [-0.3, -0.25) is 9.59 Å². The van der Waals surface area contributed by atoms with Crippen molar-refractivity contribution in [3.63, 3.8) is 0 Å². The Bertz CT molecular complexity index is 767. The van der Waals surface area contributed by atoms with Crippen molar-refractivity contribution in [1.82, 2.24) is 4.90 Å². The van der Waals surface area contributed by atoms with E-state index in [2.05, 4.69) is 12.1 Å². The number of amides is 1. The maximum Gasteiger partial charge on any atom is 0.303 e. The van der Waals surface area contributed by atoms with Gasteiger partial charge in [-0.25, -0.2) is 0 Å². The molecule has 3 rings (SSSR count). The van der Waals surface area contributed by atoms with Crippen molar-refractivity contribution in [3.05, 3.63) is 65.7 Å². The van der Waals surface area contributed by atoms with E-state index in [0.717, 1.165) is 30.6 Å². The molecule has 0 bridgehead atoms. The Labute approximate surface area is 159 Å². The zero-order chi connectivity index (χ0) is 19.1. The van der Waals surface area contributed by atoms with Gasteiger partial charge in [-0.05, 0) is 36.0 Å². The van der Waals surface area contributed by atoms with E-state index in [0.29, 0.717) is 13.1 Å². The molecule has 142 valence electrons. The number of likely N-dealkylation sites (tertiary alicyclic amines) is 1. The third-order valence-electron chi connectivity index (χ3n) is 4.99. The molecule has 1 saturated heterocycles. The number of carboxylic acid groups (broad SMARTS) is 1. The molecule has 1 aliphatic rings. The molecular weight excluding hydrogens is 342 g/mol. The molecule has 1 amide bonds. The first-order chi connectivity index (χ1) is 13.1. The Balaban J connectivity index is 1.53. The van der Waals surface area contributed by atoms with Crippen molar-refractivity contribution in [1.29, 1.82) is 0 Å². The van der Waals surface area contributed by atoms with E-state index < -0.39 is 5.97 Å². The van der Waals surface area contributed by atoms with Crippen molar-refractivity contribution in [2.45, 2.75) is 25.7 Å². The van der Waals surface area contributed by atoms with Gasteiger partial charge in [0.1, 0.15) is 5.75 Å². The fourth-order valence-electron chi connectivity index (χ4n) is 3.47. The van der Waals surface area contributed by atoms with Gasteiger partial charge < -0.3 is 14.7 Å². The second kappa shape index (κ2) is 9.21. The van der Waals surface area contributed by atoms with E-state index in [-0.39, 0.29) is 24.9 Å². The summed E-state index contributed by atoms with van der Waals surface area (Å²) in [6, 6.07) is 17.9. The van der Waals surface area contributed by atoms with Crippen LogP contribution in [0.5, 0.6) is 5.75 Å². The third kappa shape index (κ3) is 5.58. The number of ether oxygens (including phenoxy) is 1. The number of hydrogen-bond donors (Lipinski definition) is 1. The van der Waals surface area contributed by atoms with E-state index in [4.69, 9.17) is 9.84 Å². The van der Waals surface area contributed by atoms with Gasteiger partial charge in [0.2, 0.25) is 0 Å². The van der Waals surface area contributed by atoms with Crippen LogP contribution in [0.2, 0.25) is 0 Å². The number of carbonyl (C=O) groups is 2. The molecule has 1 aliphatic heterocycles. The lowest BCUT2D eigenvalue weighted by molar-refractivity contribution is -0.139. The molecule has 1 heterocycles. The van der Waals surface area contributed by atoms with Crippen LogP contribution in [0.4, 0.5) is 0 Å². The molecular formula is C22H25NO4. The van der Waals surface area contributed by atoms with Gasteiger partial charge in [-0.1, -0.05) is 48.5 Å². The van der Waals surface area contributed by atoms with Crippen LogP contribution in [0.3, 0.4) is 0 Å². The van der Waals surface area contributed by atoms with Crippen LogP contribution in [0.15, 0.2) is 54.6 Å². The normalized spacial score (nSPS) is 14.7. The Hall–Kier alpha value is -2.82. The molecule has 0 unspecified atom stereocenters. The monoisotopic (exact) mass is 367 g/mol. The SMILES string of the molecule is O=C(O)CC1CCN(C(=O)COc2ccccc2Cc2ccccc2)CC1. The van der Waals surface area contributed by atoms with Crippen LogP contribution in [0.1, 0.15) is 30.4 Å². The number of nitrogens with zero attached hydrogens (tertiary/aromatic N) is 1. The number of benzene rings is 2. The van der Waals surface area contributed by atoms with Gasteiger partial charge in [-0.15, -0.1) is 0 Å². The molecule has 0 atom stereocenters. The maximum absolute atomic E-state index is 12.5. The maximum atomic E-state index is 12.5. The van der Waals surface area contributed by atoms with E-state index in [1.54, 1.807) is 4.90 Å². The van der Waals surface area contributed by atoms with E-state index >= 15 is 0 Å². The summed E-state index contributed by atoms with van der Waals surface area (Å²) in [7, 11) is 0. The summed E-state index contributed by atoms with van der Waals surface area (Å²) in [5, 5.41) is 8.88. The molecule has 0 radical (unpaired) electrons. The van der Waals surface area contributed by atoms with E-state index in [9.17, 15) is 9.59 Å². The van der Waals surface area contributed by atoms with Crippen LogP contribution in [-0.2, 0) is 16.0 Å². The second-order valence-corrected chi connectivity index (χ2v) is 6.98. The first kappa shape index (κ1) is 19.0. The lowest BCUT2D eigenvalue weighted by atomic mass is 9.93. The Kier molecular flexibility index (Phi) is 6.47. The largest absolute Gasteiger partial charge is 0.483 e. The van der Waals surface area contributed by atoms with Crippen LogP contribution >= 0.6 is 0 Å². The van der Waals surface area contributed by atoms with Crippen molar-refractivity contribution in [3.8, 4) is 5.75 Å². The quantitative estimate of drug-likeness (QED) is 0.815. The zero-order valence-electron chi connectivity index (χ0n) is 15.3. The molecule has 0 saturated carbocycles. The molecule has 0 aromatic heterocycles. The van der Waals surface area contributed by atoms with Gasteiger partial charge in [0.15, 0.2) is 6.61 Å². The smallest absolute Gasteiger partial charge is 0.303 e. The molecule has 2 aromatic carbocycles. The number of hydrogen-bond acceptors (Lipinski definition) is 3. The molecule has 1 N–H and O–H groups in total. The van der Waals surface area contributed by atoms with Crippen LogP contribution in [-0.4, -0.2) is 41.6 Å². The number of rotatable bonds is 7. The van der Waals surface area contributed by atoms with Crippen LogP contribution in [0, 0.1) is 5.92 Å². The Morgan fingerprint density at radius 3 is 2.37 bits per heavy atom. The number of carbonyl (C=O) groups excluding carboxylic acids is 1. The second-order valence-electron chi connectivity index (χ2n) is 6.98. The summed E-state index contributed by atoms with van der Waals surface area (Å²) in [6.45, 7) is 1.22. The summed E-state index contributed by atoms with van der Waals surface area (Å²) in [5.41, 5.74) is 2.25. The lowest BCUT2D eigenvalue weighted by Gasteiger charge is -2.31. The van der Waals surface area contributed by atoms with Gasteiger partial charge >= 0.3 is 5.97 Å². The Morgan fingerprint density at radius 2 is 1.67 bits per heavy atom. The molecule has 2 aromatic rings. The minimum absolute atomic E-state index is 0.00933. The predicted molar refractivity (Wildman–Crippen MR) is 103 cm³/mol. The van der Waals surface area contributed by atoms with Gasteiger partial charge in [0, 0.05) is 25.9 Å². The van der Waals surface area contributed by atoms with Gasteiger partial charge in [0.25, 0.3) is 5.91 Å². The third-order valence-corrected chi connectivity index (χ3v) is 4.99. The van der Waals surface area contributed by atoms with E-state index in [1.807, 2.05) is 42.5 Å². The van der Waals surface area contributed by atoms with Crippen LogP contribution in [0.25, 0.3) is 0 Å². The molecule has 1 fully saturated rings. The number of para-hydroxylation sites is 1. The minimum atomic E-state index is -0.766. The zero-order valence-corrected chi connectivity index (χ0v) is 15.3. The fraction of sp³-hybridized carbons (Fsp3) is 0.364. The summed E-state index contributed by atoms with van der Waals surface area (Å²) in [4.78, 5) is 25.0. The van der Waals surface area contributed by atoms with Crippen molar-refractivity contribution >= 4 is 11.9 Å². The number of piperidine rings is 1. The average Bonchev–Trinajstić information content (AvgIpc) is 2.68. The number of aliphatic carboxylic acids is 1.